The number of aliphatic hydroxyl groups excluding tert-OH is 1. The van der Waals surface area contributed by atoms with Gasteiger partial charge in [-0.1, -0.05) is 42.5 Å². The number of aliphatic hydroxyl groups is 1. The van der Waals surface area contributed by atoms with Crippen LogP contribution in [0.5, 0.6) is 0 Å². The number of cyclic esters (lactones) is 1. The average Bonchev–Trinajstić information content (AvgIpc) is 2.70. The van der Waals surface area contributed by atoms with Gasteiger partial charge in [0.1, 0.15) is 12.0 Å². The number of rotatable bonds is 6. The lowest BCUT2D eigenvalue weighted by atomic mass is 9.91. The molecular weight excluding hydrogens is 356 g/mol. The highest BCUT2D eigenvalue weighted by molar-refractivity contribution is 5.95. The van der Waals surface area contributed by atoms with Crippen molar-refractivity contribution in [2.75, 3.05) is 6.61 Å². The molecule has 3 aromatic rings. The first kappa shape index (κ1) is 18.2. The van der Waals surface area contributed by atoms with Crippen molar-refractivity contribution >= 4 is 22.7 Å². The van der Waals surface area contributed by atoms with E-state index in [1.54, 1.807) is 12.1 Å². The first-order chi connectivity index (χ1) is 13.5. The largest absolute Gasteiger partial charge is 0.478 e. The number of carbonyl (C=O) groups is 2. The Hall–Kier alpha value is -3.18. The molecule has 1 heterocycles. The number of fused-ring (bicyclic) bond motifs is 1. The SMILES string of the molecule is O=C(O)c1ccc2ccc(-c3cccc(CC[C@H]4OC(=O)[C@@H]4CO)c3)cc2c1. The Bertz CT molecular complexity index is 1060. The maximum absolute atomic E-state index is 11.3. The van der Waals surface area contributed by atoms with Crippen LogP contribution in [0.15, 0.2) is 60.7 Å². The van der Waals surface area contributed by atoms with Gasteiger partial charge in [-0.3, -0.25) is 4.79 Å². The number of esters is 1. The van der Waals surface area contributed by atoms with Gasteiger partial charge in [-0.2, -0.15) is 0 Å². The first-order valence-corrected chi connectivity index (χ1v) is 9.23. The molecule has 0 unspecified atom stereocenters. The van der Waals surface area contributed by atoms with E-state index >= 15 is 0 Å². The highest BCUT2D eigenvalue weighted by atomic mass is 16.6. The molecule has 142 valence electrons. The molecule has 0 bridgehead atoms. The number of hydrogen-bond donors (Lipinski definition) is 2. The minimum Gasteiger partial charge on any atom is -0.478 e. The van der Waals surface area contributed by atoms with Crippen molar-refractivity contribution < 1.29 is 24.5 Å². The monoisotopic (exact) mass is 376 g/mol. The van der Waals surface area contributed by atoms with Crippen LogP contribution in [0.2, 0.25) is 0 Å². The third kappa shape index (κ3) is 3.49. The molecule has 0 spiro atoms. The van der Waals surface area contributed by atoms with Gasteiger partial charge in [-0.25, -0.2) is 4.79 Å². The highest BCUT2D eigenvalue weighted by Gasteiger charge is 2.41. The second kappa shape index (κ2) is 7.44. The van der Waals surface area contributed by atoms with E-state index in [1.807, 2.05) is 42.5 Å². The highest BCUT2D eigenvalue weighted by Crippen LogP contribution is 2.29. The predicted molar refractivity (Wildman–Crippen MR) is 105 cm³/mol. The van der Waals surface area contributed by atoms with E-state index in [2.05, 4.69) is 6.07 Å². The lowest BCUT2D eigenvalue weighted by molar-refractivity contribution is -0.188. The molecule has 4 rings (SSSR count). The summed E-state index contributed by atoms with van der Waals surface area (Å²) in [5.41, 5.74) is 3.45. The zero-order valence-electron chi connectivity index (χ0n) is 15.2. The van der Waals surface area contributed by atoms with E-state index in [9.17, 15) is 19.8 Å². The molecular formula is C23H20O5. The van der Waals surface area contributed by atoms with Gasteiger partial charge in [0.15, 0.2) is 0 Å². The molecule has 5 heteroatoms. The summed E-state index contributed by atoms with van der Waals surface area (Å²) in [6, 6.07) is 19.2. The van der Waals surface area contributed by atoms with Crippen molar-refractivity contribution in [3.8, 4) is 11.1 Å². The van der Waals surface area contributed by atoms with Crippen molar-refractivity contribution in [1.82, 2.24) is 0 Å². The Labute approximate surface area is 162 Å². The third-order valence-electron chi connectivity index (χ3n) is 5.28. The molecule has 0 radical (unpaired) electrons. The van der Waals surface area contributed by atoms with Gasteiger partial charge in [0.2, 0.25) is 0 Å². The zero-order valence-corrected chi connectivity index (χ0v) is 15.2. The smallest absolute Gasteiger partial charge is 0.335 e. The summed E-state index contributed by atoms with van der Waals surface area (Å²) in [7, 11) is 0. The van der Waals surface area contributed by atoms with Gasteiger partial charge in [-0.05, 0) is 58.5 Å². The summed E-state index contributed by atoms with van der Waals surface area (Å²) in [5, 5.41) is 20.3. The van der Waals surface area contributed by atoms with Crippen LogP contribution in [0.3, 0.4) is 0 Å². The molecule has 1 saturated heterocycles. The van der Waals surface area contributed by atoms with Gasteiger partial charge in [0, 0.05) is 0 Å². The number of carboxylic acids is 1. The van der Waals surface area contributed by atoms with E-state index in [1.165, 1.54) is 0 Å². The van der Waals surface area contributed by atoms with Crippen LogP contribution in [-0.2, 0) is 16.0 Å². The predicted octanol–water partition coefficient (Wildman–Crippen LogP) is 3.67. The Morgan fingerprint density at radius 1 is 0.964 bits per heavy atom. The van der Waals surface area contributed by atoms with Crippen molar-refractivity contribution in [3.63, 3.8) is 0 Å². The van der Waals surface area contributed by atoms with Crippen LogP contribution in [0.1, 0.15) is 22.3 Å². The molecule has 3 aromatic carbocycles. The van der Waals surface area contributed by atoms with Crippen LogP contribution >= 0.6 is 0 Å². The van der Waals surface area contributed by atoms with E-state index in [-0.39, 0.29) is 24.2 Å². The van der Waals surface area contributed by atoms with E-state index in [4.69, 9.17) is 4.74 Å². The van der Waals surface area contributed by atoms with Gasteiger partial charge in [0.25, 0.3) is 0 Å². The summed E-state index contributed by atoms with van der Waals surface area (Å²) in [6.07, 6.45) is 1.22. The summed E-state index contributed by atoms with van der Waals surface area (Å²) >= 11 is 0. The van der Waals surface area contributed by atoms with Crippen LogP contribution in [0.25, 0.3) is 21.9 Å². The maximum Gasteiger partial charge on any atom is 0.335 e. The van der Waals surface area contributed by atoms with Crippen LogP contribution in [0, 0.1) is 5.92 Å². The molecule has 0 amide bonds. The fourth-order valence-electron chi connectivity index (χ4n) is 3.63. The minimum absolute atomic E-state index is 0.168. The van der Waals surface area contributed by atoms with Crippen LogP contribution < -0.4 is 0 Å². The number of hydrogen-bond acceptors (Lipinski definition) is 4. The molecule has 2 atom stereocenters. The number of ether oxygens (including phenoxy) is 1. The standard InChI is InChI=1S/C23H20O5/c24-13-20-21(28-23(20)27)9-4-14-2-1-3-16(10-14)17-7-5-15-6-8-18(22(25)26)12-19(15)11-17/h1-3,5-8,10-12,20-21,24H,4,9,13H2,(H,25,26)/t20-,21-/m1/s1. The molecule has 28 heavy (non-hydrogen) atoms. The third-order valence-corrected chi connectivity index (χ3v) is 5.28. The second-order valence-corrected chi connectivity index (χ2v) is 7.09. The number of aromatic carboxylic acids is 1. The average molecular weight is 376 g/mol. The molecule has 0 saturated carbocycles. The molecule has 0 aromatic heterocycles. The fraction of sp³-hybridized carbons (Fsp3) is 0.217. The quantitative estimate of drug-likeness (QED) is 0.641. The maximum atomic E-state index is 11.3. The van der Waals surface area contributed by atoms with Crippen molar-refractivity contribution in [3.05, 3.63) is 71.8 Å². The topological polar surface area (TPSA) is 83.8 Å². The lowest BCUT2D eigenvalue weighted by Gasteiger charge is -2.33. The number of aryl methyl sites for hydroxylation is 1. The molecule has 5 nitrogen and oxygen atoms in total. The normalized spacial score (nSPS) is 18.5. The molecule has 1 aliphatic heterocycles. The van der Waals surface area contributed by atoms with Gasteiger partial charge < -0.3 is 14.9 Å². The summed E-state index contributed by atoms with van der Waals surface area (Å²) < 4.78 is 5.11. The lowest BCUT2D eigenvalue weighted by Crippen LogP contribution is -2.47. The minimum atomic E-state index is -0.938. The number of carboxylic acid groups (broad SMARTS) is 1. The van der Waals surface area contributed by atoms with E-state index < -0.39 is 11.9 Å². The number of carbonyl (C=O) groups excluding carboxylic acids is 1. The summed E-state index contributed by atoms with van der Waals surface area (Å²) in [5.74, 6) is -1.66. The Morgan fingerprint density at radius 2 is 1.75 bits per heavy atom. The summed E-state index contributed by atoms with van der Waals surface area (Å²) in [4.78, 5) is 22.5. The molecule has 2 N–H and O–H groups in total. The van der Waals surface area contributed by atoms with Crippen molar-refractivity contribution in [2.45, 2.75) is 18.9 Å². The molecule has 1 fully saturated rings. The van der Waals surface area contributed by atoms with Crippen molar-refractivity contribution in [1.29, 1.82) is 0 Å². The van der Waals surface area contributed by atoms with E-state index in [0.717, 1.165) is 33.9 Å². The fourth-order valence-corrected chi connectivity index (χ4v) is 3.63. The Balaban J connectivity index is 1.55. The molecule has 0 aliphatic carbocycles. The van der Waals surface area contributed by atoms with Crippen LogP contribution in [0.4, 0.5) is 0 Å². The first-order valence-electron chi connectivity index (χ1n) is 9.23. The van der Waals surface area contributed by atoms with Crippen molar-refractivity contribution in [2.24, 2.45) is 5.92 Å². The second-order valence-electron chi connectivity index (χ2n) is 7.09. The van der Waals surface area contributed by atoms with Crippen LogP contribution in [-0.4, -0.2) is 34.9 Å². The zero-order chi connectivity index (χ0) is 19.7. The van der Waals surface area contributed by atoms with Gasteiger partial charge in [-0.15, -0.1) is 0 Å². The molecule has 1 aliphatic rings. The number of benzene rings is 3. The summed E-state index contributed by atoms with van der Waals surface area (Å²) in [6.45, 7) is -0.168. The Kier molecular flexibility index (Phi) is 4.84. The van der Waals surface area contributed by atoms with Gasteiger partial charge >= 0.3 is 11.9 Å². The Morgan fingerprint density at radius 3 is 2.50 bits per heavy atom. The van der Waals surface area contributed by atoms with E-state index in [0.29, 0.717) is 6.42 Å². The van der Waals surface area contributed by atoms with Gasteiger partial charge in [0.05, 0.1) is 12.2 Å².